The van der Waals surface area contributed by atoms with Crippen LogP contribution in [0.3, 0.4) is 0 Å². The number of aliphatic hydroxyl groups is 1. The molecule has 2 aliphatic heterocycles. The quantitative estimate of drug-likeness (QED) is 0.821. The van der Waals surface area contributed by atoms with Gasteiger partial charge >= 0.3 is 0 Å². The highest BCUT2D eigenvalue weighted by Gasteiger charge is 2.26. The van der Waals surface area contributed by atoms with Crippen LogP contribution < -0.4 is 5.32 Å². The van der Waals surface area contributed by atoms with E-state index in [1.54, 1.807) is 0 Å². The third-order valence-corrected chi connectivity index (χ3v) is 4.49. The number of piperidine rings is 2. The number of hydrogen-bond donors (Lipinski definition) is 1. The molecule has 4 heteroatoms. The molecule has 1 radical (unpaired) electrons. The van der Waals surface area contributed by atoms with Gasteiger partial charge in [-0.25, -0.2) is 5.32 Å². The Balaban J connectivity index is 1.76. The largest absolute Gasteiger partial charge is 0.396 e. The Hall–Kier alpha value is -0.610. The van der Waals surface area contributed by atoms with Crippen LogP contribution in [0, 0.1) is 5.92 Å². The van der Waals surface area contributed by atoms with Crippen LogP contribution in [-0.2, 0) is 4.79 Å². The summed E-state index contributed by atoms with van der Waals surface area (Å²) in [6, 6.07) is 0.280. The summed E-state index contributed by atoms with van der Waals surface area (Å²) in [5, 5.41) is 13.5. The summed E-state index contributed by atoms with van der Waals surface area (Å²) in [4.78, 5) is 14.4. The van der Waals surface area contributed by atoms with Gasteiger partial charge in [0.05, 0.1) is 0 Å². The van der Waals surface area contributed by atoms with Gasteiger partial charge in [-0.3, -0.25) is 4.79 Å². The van der Waals surface area contributed by atoms with Gasteiger partial charge < -0.3 is 10.0 Å². The molecule has 2 fully saturated rings. The lowest BCUT2D eigenvalue weighted by molar-refractivity contribution is -0.135. The summed E-state index contributed by atoms with van der Waals surface area (Å²) < 4.78 is 0. The summed E-state index contributed by atoms with van der Waals surface area (Å²) in [5.41, 5.74) is 0. The van der Waals surface area contributed by atoms with E-state index in [-0.39, 0.29) is 12.6 Å². The molecule has 0 aliphatic carbocycles. The summed E-state index contributed by atoms with van der Waals surface area (Å²) in [7, 11) is 0. The van der Waals surface area contributed by atoms with E-state index < -0.39 is 0 Å². The molecule has 1 amide bonds. The molecular formula is C15H27N2O2. The molecule has 0 aromatic heterocycles. The first-order valence-electron chi connectivity index (χ1n) is 7.85. The predicted octanol–water partition coefficient (Wildman–Crippen LogP) is 1.54. The van der Waals surface area contributed by atoms with Gasteiger partial charge in [0, 0.05) is 38.7 Å². The molecular weight excluding hydrogens is 240 g/mol. The molecule has 2 aliphatic rings. The standard InChI is InChI=1S/C15H27N2O2/c18-11-8-14-5-1-2-10-17(14)15(19)7-6-13-4-3-9-16-12-13/h13-14,18H,1-12H2. The Bertz CT molecular complexity index is 275. The van der Waals surface area contributed by atoms with Crippen molar-refractivity contribution < 1.29 is 9.90 Å². The first-order chi connectivity index (χ1) is 9.31. The maximum Gasteiger partial charge on any atom is 0.222 e. The Labute approximate surface area is 116 Å². The van der Waals surface area contributed by atoms with Crippen molar-refractivity contribution in [3.05, 3.63) is 0 Å². The van der Waals surface area contributed by atoms with E-state index in [1.807, 2.05) is 4.90 Å². The van der Waals surface area contributed by atoms with Crippen molar-refractivity contribution >= 4 is 5.91 Å². The lowest BCUT2D eigenvalue weighted by atomic mass is 9.93. The van der Waals surface area contributed by atoms with Gasteiger partial charge in [0.2, 0.25) is 5.91 Å². The van der Waals surface area contributed by atoms with Crippen molar-refractivity contribution in [1.29, 1.82) is 0 Å². The summed E-state index contributed by atoms with van der Waals surface area (Å²) >= 11 is 0. The van der Waals surface area contributed by atoms with E-state index in [1.165, 1.54) is 19.3 Å². The Morgan fingerprint density at radius 2 is 2.11 bits per heavy atom. The molecule has 0 bridgehead atoms. The Morgan fingerprint density at radius 1 is 1.21 bits per heavy atom. The van der Waals surface area contributed by atoms with Gasteiger partial charge in [-0.15, -0.1) is 0 Å². The third kappa shape index (κ3) is 4.46. The molecule has 2 atom stereocenters. The fourth-order valence-corrected chi connectivity index (χ4v) is 3.34. The molecule has 1 N–H and O–H groups in total. The van der Waals surface area contributed by atoms with Gasteiger partial charge in [-0.2, -0.15) is 0 Å². The lowest BCUT2D eigenvalue weighted by Gasteiger charge is -2.36. The molecule has 19 heavy (non-hydrogen) atoms. The van der Waals surface area contributed by atoms with E-state index in [4.69, 9.17) is 5.11 Å². The molecule has 2 saturated heterocycles. The molecule has 2 unspecified atom stereocenters. The number of likely N-dealkylation sites (tertiary alicyclic amines) is 1. The summed E-state index contributed by atoms with van der Waals surface area (Å²) in [6.07, 6.45) is 8.19. The van der Waals surface area contributed by atoms with E-state index in [2.05, 4.69) is 5.32 Å². The number of aliphatic hydroxyl groups excluding tert-OH is 1. The lowest BCUT2D eigenvalue weighted by Crippen LogP contribution is -2.44. The zero-order valence-electron chi connectivity index (χ0n) is 11.9. The number of amides is 1. The minimum atomic E-state index is 0.190. The van der Waals surface area contributed by atoms with Crippen molar-refractivity contribution in [2.45, 2.75) is 57.4 Å². The van der Waals surface area contributed by atoms with E-state index in [9.17, 15) is 4.79 Å². The first-order valence-corrected chi connectivity index (χ1v) is 7.85. The van der Waals surface area contributed by atoms with Crippen molar-refractivity contribution in [3.63, 3.8) is 0 Å². The number of hydrogen-bond acceptors (Lipinski definition) is 2. The molecule has 0 saturated carbocycles. The first kappa shape index (κ1) is 14.8. The molecule has 0 aromatic carbocycles. The normalized spacial score (nSPS) is 28.4. The van der Waals surface area contributed by atoms with Gasteiger partial charge in [0.1, 0.15) is 0 Å². The van der Waals surface area contributed by atoms with Crippen LogP contribution in [0.1, 0.15) is 51.4 Å². The monoisotopic (exact) mass is 267 g/mol. The number of rotatable bonds is 5. The van der Waals surface area contributed by atoms with E-state index >= 15 is 0 Å². The maximum absolute atomic E-state index is 12.3. The molecule has 2 rings (SSSR count). The molecule has 2 heterocycles. The van der Waals surface area contributed by atoms with Gasteiger partial charge in [0.15, 0.2) is 0 Å². The fraction of sp³-hybridized carbons (Fsp3) is 0.933. The van der Waals surface area contributed by atoms with Crippen molar-refractivity contribution in [3.8, 4) is 0 Å². The molecule has 0 spiro atoms. The van der Waals surface area contributed by atoms with Gasteiger partial charge in [0.25, 0.3) is 0 Å². The number of nitrogens with zero attached hydrogens (tertiary/aromatic N) is 2. The van der Waals surface area contributed by atoms with Crippen LogP contribution in [0.5, 0.6) is 0 Å². The third-order valence-electron chi connectivity index (χ3n) is 4.49. The summed E-state index contributed by atoms with van der Waals surface area (Å²) in [5.74, 6) is 0.919. The van der Waals surface area contributed by atoms with Crippen LogP contribution in [0.4, 0.5) is 0 Å². The second-order valence-electron chi connectivity index (χ2n) is 5.93. The zero-order chi connectivity index (χ0) is 13.5. The molecule has 4 nitrogen and oxygen atoms in total. The average molecular weight is 267 g/mol. The SMILES string of the molecule is O=C(CCC1CCC[N]C1)N1CCCCC1CCO. The minimum Gasteiger partial charge on any atom is -0.396 e. The number of carbonyl (C=O) groups is 1. The van der Waals surface area contributed by atoms with Crippen LogP contribution in [0.2, 0.25) is 0 Å². The highest BCUT2D eigenvalue weighted by atomic mass is 16.3. The average Bonchev–Trinajstić information content (AvgIpc) is 2.47. The molecule has 0 aromatic rings. The van der Waals surface area contributed by atoms with Crippen molar-refractivity contribution in [1.82, 2.24) is 10.2 Å². The van der Waals surface area contributed by atoms with Crippen LogP contribution in [0.15, 0.2) is 0 Å². The highest BCUT2D eigenvalue weighted by Crippen LogP contribution is 2.23. The second kappa shape index (κ2) is 7.85. The maximum atomic E-state index is 12.3. The zero-order valence-corrected chi connectivity index (χ0v) is 11.9. The molecule has 109 valence electrons. The van der Waals surface area contributed by atoms with Crippen LogP contribution in [-0.4, -0.2) is 48.2 Å². The van der Waals surface area contributed by atoms with Gasteiger partial charge in [-0.05, 0) is 50.9 Å². The minimum absolute atomic E-state index is 0.190. The number of carbonyl (C=O) groups excluding carboxylic acids is 1. The van der Waals surface area contributed by atoms with E-state index in [0.29, 0.717) is 18.2 Å². The fourth-order valence-electron chi connectivity index (χ4n) is 3.34. The smallest absolute Gasteiger partial charge is 0.222 e. The summed E-state index contributed by atoms with van der Waals surface area (Å²) in [6.45, 7) is 3.04. The van der Waals surface area contributed by atoms with E-state index in [0.717, 1.165) is 45.3 Å². The van der Waals surface area contributed by atoms with Crippen molar-refractivity contribution in [2.75, 3.05) is 26.2 Å². The Morgan fingerprint density at radius 3 is 2.84 bits per heavy atom. The van der Waals surface area contributed by atoms with Crippen LogP contribution >= 0.6 is 0 Å². The second-order valence-corrected chi connectivity index (χ2v) is 5.93. The Kier molecular flexibility index (Phi) is 6.11. The van der Waals surface area contributed by atoms with Crippen molar-refractivity contribution in [2.24, 2.45) is 5.92 Å². The topological polar surface area (TPSA) is 54.6 Å². The predicted molar refractivity (Wildman–Crippen MR) is 74.9 cm³/mol. The van der Waals surface area contributed by atoms with Gasteiger partial charge in [-0.1, -0.05) is 0 Å². The highest BCUT2D eigenvalue weighted by molar-refractivity contribution is 5.76. The van der Waals surface area contributed by atoms with Crippen LogP contribution in [0.25, 0.3) is 0 Å².